The van der Waals surface area contributed by atoms with Gasteiger partial charge in [-0.25, -0.2) is 8.42 Å². The van der Waals surface area contributed by atoms with Crippen molar-refractivity contribution in [3.8, 4) is 17.0 Å². The topological polar surface area (TPSA) is 122 Å². The zero-order valence-electron chi connectivity index (χ0n) is 18.8. The van der Waals surface area contributed by atoms with Gasteiger partial charge in [-0.05, 0) is 55.3 Å². The summed E-state index contributed by atoms with van der Waals surface area (Å²) in [5.74, 6) is -0.956. The first kappa shape index (κ1) is 25.3. The Morgan fingerprint density at radius 2 is 1.92 bits per heavy atom. The smallest absolute Gasteiger partial charge is 0.416 e. The fourth-order valence-electron chi connectivity index (χ4n) is 3.53. The number of hydrogen-bond acceptors (Lipinski definition) is 7. The van der Waals surface area contributed by atoms with Crippen molar-refractivity contribution in [2.75, 3.05) is 0 Å². The molecule has 0 aliphatic rings. The minimum Gasteiger partial charge on any atom is -0.507 e. The molecule has 0 bridgehead atoms. The van der Waals surface area contributed by atoms with Crippen molar-refractivity contribution in [2.45, 2.75) is 37.1 Å². The molecule has 0 saturated carbocycles. The lowest BCUT2D eigenvalue weighted by atomic mass is 10.0. The average molecular weight is 520 g/mol. The highest BCUT2D eigenvalue weighted by atomic mass is 32.2. The number of aromatic hydroxyl groups is 1. The van der Waals surface area contributed by atoms with Gasteiger partial charge in [0.25, 0.3) is 10.0 Å². The Bertz CT molecular complexity index is 1500. The molecule has 0 fully saturated rings. The molecule has 0 aliphatic carbocycles. The molecule has 1 aromatic carbocycles. The Hall–Kier alpha value is -3.77. The zero-order chi connectivity index (χ0) is 26.1. The predicted octanol–water partition coefficient (Wildman–Crippen LogP) is 4.48. The second kappa shape index (κ2) is 9.70. The van der Waals surface area contributed by atoms with E-state index in [2.05, 4.69) is 14.7 Å². The largest absolute Gasteiger partial charge is 0.507 e. The van der Waals surface area contributed by atoms with Crippen LogP contribution in [-0.4, -0.2) is 35.3 Å². The quantitative estimate of drug-likeness (QED) is 0.352. The van der Waals surface area contributed by atoms with Crippen molar-refractivity contribution in [1.29, 1.82) is 0 Å². The number of phenolic OH excluding ortho intramolecular Hbond substituents is 1. The van der Waals surface area contributed by atoms with Gasteiger partial charge in [-0.15, -0.1) is 0 Å². The van der Waals surface area contributed by atoms with Gasteiger partial charge in [-0.3, -0.25) is 14.8 Å². The van der Waals surface area contributed by atoms with Gasteiger partial charge < -0.3 is 9.52 Å². The molecule has 0 saturated heterocycles. The van der Waals surface area contributed by atoms with Crippen LogP contribution in [0.3, 0.4) is 0 Å². The number of furan rings is 1. The number of halogens is 3. The zero-order valence-corrected chi connectivity index (χ0v) is 19.6. The molecule has 188 valence electrons. The van der Waals surface area contributed by atoms with Gasteiger partial charge in [0.1, 0.15) is 11.3 Å². The van der Waals surface area contributed by atoms with Crippen LogP contribution < -0.4 is 4.72 Å². The summed E-state index contributed by atoms with van der Waals surface area (Å²) in [5.41, 5.74) is 0.336. The number of pyridine rings is 2. The molecule has 2 N–H and O–H groups in total. The normalized spacial score (nSPS) is 13.1. The third kappa shape index (κ3) is 5.55. The fourth-order valence-corrected chi connectivity index (χ4v) is 4.73. The van der Waals surface area contributed by atoms with Gasteiger partial charge in [-0.1, -0.05) is 0 Å². The Labute approximate surface area is 203 Å². The SMILES string of the molecule is C[C@H](NS(=O)(=O)c1cc2cnccc2o1)C(=O)CCc1ccnc(-c2ccc(C(F)(F)F)cc2O)c1. The third-order valence-electron chi connectivity index (χ3n) is 5.46. The number of benzene rings is 1. The van der Waals surface area contributed by atoms with E-state index in [-0.39, 0.29) is 35.0 Å². The van der Waals surface area contributed by atoms with Crippen LogP contribution in [0.2, 0.25) is 0 Å². The summed E-state index contributed by atoms with van der Waals surface area (Å²) >= 11 is 0. The summed E-state index contributed by atoms with van der Waals surface area (Å²) in [6, 6.07) is 7.57. The highest BCUT2D eigenvalue weighted by Gasteiger charge is 2.31. The number of fused-ring (bicyclic) bond motifs is 1. The number of alkyl halides is 3. The van der Waals surface area contributed by atoms with E-state index in [1.54, 1.807) is 12.1 Å². The van der Waals surface area contributed by atoms with Crippen molar-refractivity contribution in [3.63, 3.8) is 0 Å². The van der Waals surface area contributed by atoms with Crippen LogP contribution in [-0.2, 0) is 27.4 Å². The van der Waals surface area contributed by atoms with E-state index >= 15 is 0 Å². The summed E-state index contributed by atoms with van der Waals surface area (Å²) in [4.78, 5) is 20.6. The van der Waals surface area contributed by atoms with Crippen LogP contribution in [0.15, 0.2) is 70.6 Å². The number of sulfonamides is 1. The maximum Gasteiger partial charge on any atom is 0.416 e. The predicted molar refractivity (Wildman–Crippen MR) is 123 cm³/mol. The third-order valence-corrected chi connectivity index (χ3v) is 6.85. The Morgan fingerprint density at radius 1 is 1.14 bits per heavy atom. The highest BCUT2D eigenvalue weighted by molar-refractivity contribution is 7.89. The summed E-state index contributed by atoms with van der Waals surface area (Å²) < 4.78 is 71.4. The number of ketones is 1. The lowest BCUT2D eigenvalue weighted by Gasteiger charge is -2.13. The fraction of sp³-hybridized carbons (Fsp3) is 0.208. The average Bonchev–Trinajstić information content (AvgIpc) is 3.27. The number of aromatic nitrogens is 2. The van der Waals surface area contributed by atoms with Crippen LogP contribution in [0.1, 0.15) is 24.5 Å². The summed E-state index contributed by atoms with van der Waals surface area (Å²) in [5, 5.41) is 10.2. The first-order valence-corrected chi connectivity index (χ1v) is 12.2. The van der Waals surface area contributed by atoms with E-state index in [1.165, 1.54) is 37.6 Å². The first-order chi connectivity index (χ1) is 16.9. The summed E-state index contributed by atoms with van der Waals surface area (Å²) in [6.07, 6.45) is -0.0559. The van der Waals surface area contributed by atoms with E-state index in [1.807, 2.05) is 0 Å². The minimum absolute atomic E-state index is 0.0177. The second-order valence-corrected chi connectivity index (χ2v) is 9.71. The van der Waals surface area contributed by atoms with Crippen LogP contribution in [0, 0.1) is 0 Å². The molecule has 4 aromatic rings. The molecule has 8 nitrogen and oxygen atoms in total. The monoisotopic (exact) mass is 519 g/mol. The Morgan fingerprint density at radius 3 is 2.61 bits per heavy atom. The Balaban J connectivity index is 1.41. The van der Waals surface area contributed by atoms with Crippen molar-refractivity contribution in [1.82, 2.24) is 14.7 Å². The van der Waals surface area contributed by atoms with Crippen LogP contribution in [0.5, 0.6) is 5.75 Å². The van der Waals surface area contributed by atoms with Crippen molar-refractivity contribution >= 4 is 26.8 Å². The lowest BCUT2D eigenvalue weighted by Crippen LogP contribution is -2.38. The molecular weight excluding hydrogens is 499 g/mol. The van der Waals surface area contributed by atoms with Gasteiger partial charge in [0.05, 0.1) is 17.3 Å². The number of hydrogen-bond donors (Lipinski definition) is 2. The van der Waals surface area contributed by atoms with E-state index in [4.69, 9.17) is 4.42 Å². The van der Waals surface area contributed by atoms with Crippen LogP contribution >= 0.6 is 0 Å². The molecule has 0 aliphatic heterocycles. The Kier molecular flexibility index (Phi) is 6.83. The number of carbonyl (C=O) groups excluding carboxylic acids is 1. The van der Waals surface area contributed by atoms with E-state index in [0.717, 1.165) is 12.1 Å². The van der Waals surface area contributed by atoms with Gasteiger partial charge in [0, 0.05) is 42.0 Å². The maximum atomic E-state index is 12.8. The molecule has 3 aromatic heterocycles. The number of phenols is 1. The van der Waals surface area contributed by atoms with Crippen molar-refractivity contribution < 1.29 is 35.9 Å². The van der Waals surface area contributed by atoms with Gasteiger partial charge in [0.15, 0.2) is 5.78 Å². The molecular formula is C24H20F3N3O5S. The van der Waals surface area contributed by atoms with E-state index in [9.17, 15) is 31.5 Å². The van der Waals surface area contributed by atoms with Crippen LogP contribution in [0.4, 0.5) is 13.2 Å². The van der Waals surface area contributed by atoms with Gasteiger partial charge in [-0.2, -0.15) is 17.9 Å². The molecule has 4 rings (SSSR count). The van der Waals surface area contributed by atoms with E-state index in [0.29, 0.717) is 22.6 Å². The molecule has 1 atom stereocenters. The standard InChI is InChI=1S/C24H20F3N3O5S/c1-14(30-36(33,34)23-11-16-13-28-8-7-22(16)35-23)20(31)5-2-15-6-9-29-19(10-15)18-4-3-17(12-21(18)32)24(25,26)27/h3-4,6-14,30,32H,2,5H2,1H3/t14-/m0/s1. The van der Waals surface area contributed by atoms with Crippen LogP contribution in [0.25, 0.3) is 22.2 Å². The molecule has 0 spiro atoms. The summed E-state index contributed by atoms with van der Waals surface area (Å²) in [6.45, 7) is 1.42. The second-order valence-electron chi connectivity index (χ2n) is 8.07. The number of aryl methyl sites for hydroxylation is 1. The molecule has 36 heavy (non-hydrogen) atoms. The summed E-state index contributed by atoms with van der Waals surface area (Å²) in [7, 11) is -4.09. The number of nitrogens with zero attached hydrogens (tertiary/aromatic N) is 2. The van der Waals surface area contributed by atoms with Crippen molar-refractivity contribution in [3.05, 3.63) is 72.2 Å². The molecule has 12 heteroatoms. The maximum absolute atomic E-state index is 12.8. The van der Waals surface area contributed by atoms with Gasteiger partial charge in [0.2, 0.25) is 5.09 Å². The number of nitrogens with one attached hydrogen (secondary N) is 1. The van der Waals surface area contributed by atoms with Gasteiger partial charge >= 0.3 is 6.18 Å². The molecule has 0 amide bonds. The number of rotatable bonds is 8. The highest BCUT2D eigenvalue weighted by Crippen LogP contribution is 2.36. The molecule has 3 heterocycles. The number of carbonyl (C=O) groups is 1. The minimum atomic E-state index is -4.59. The molecule has 0 radical (unpaired) electrons. The van der Waals surface area contributed by atoms with Crippen molar-refractivity contribution in [2.24, 2.45) is 0 Å². The lowest BCUT2D eigenvalue weighted by molar-refractivity contribution is -0.137. The number of Topliss-reactive ketones (excluding diaryl/α,β-unsaturated/α-hetero) is 1. The van der Waals surface area contributed by atoms with E-state index < -0.39 is 33.6 Å². The molecule has 0 unspecified atom stereocenters. The first-order valence-electron chi connectivity index (χ1n) is 10.7.